The van der Waals surface area contributed by atoms with Crippen molar-refractivity contribution in [3.8, 4) is 5.75 Å². The van der Waals surface area contributed by atoms with E-state index in [4.69, 9.17) is 4.74 Å². The third kappa shape index (κ3) is 6.56. The maximum atomic E-state index is 12.6. The number of nitrogens with zero attached hydrogens (tertiary/aromatic N) is 1. The Morgan fingerprint density at radius 3 is 2.21 bits per heavy atom. The van der Waals surface area contributed by atoms with E-state index in [0.29, 0.717) is 24.5 Å². The number of nitrogens with one attached hydrogen (secondary N) is 1. The van der Waals surface area contributed by atoms with Gasteiger partial charge in [0.2, 0.25) is 15.9 Å². The van der Waals surface area contributed by atoms with Crippen LogP contribution in [0.1, 0.15) is 26.3 Å². The highest BCUT2D eigenvalue weighted by Crippen LogP contribution is 2.22. The molecule has 0 aromatic heterocycles. The molecule has 152 valence electrons. The first-order valence-electron chi connectivity index (χ1n) is 9.16. The van der Waals surface area contributed by atoms with Crippen LogP contribution in [0.15, 0.2) is 54.6 Å². The maximum absolute atomic E-state index is 12.6. The van der Waals surface area contributed by atoms with E-state index >= 15 is 0 Å². The van der Waals surface area contributed by atoms with Gasteiger partial charge in [0.15, 0.2) is 0 Å². The molecule has 0 aliphatic heterocycles. The zero-order valence-electron chi connectivity index (χ0n) is 16.8. The maximum Gasteiger partial charge on any atom is 0.241 e. The van der Waals surface area contributed by atoms with Gasteiger partial charge in [-0.1, -0.05) is 30.3 Å². The molecule has 2 rings (SSSR count). The minimum Gasteiger partial charge on any atom is -0.494 e. The molecule has 6 nitrogen and oxygen atoms in total. The first-order chi connectivity index (χ1) is 13.1. The van der Waals surface area contributed by atoms with Crippen molar-refractivity contribution >= 4 is 21.6 Å². The third-order valence-corrected chi connectivity index (χ3v) is 5.23. The van der Waals surface area contributed by atoms with Crippen LogP contribution in [0, 0.1) is 0 Å². The number of carbonyl (C=O) groups is 1. The largest absolute Gasteiger partial charge is 0.494 e. The summed E-state index contributed by atoms with van der Waals surface area (Å²) in [4.78, 5) is 12.6. The minimum absolute atomic E-state index is 0.287. The molecule has 0 heterocycles. The molecule has 0 fully saturated rings. The van der Waals surface area contributed by atoms with Crippen molar-refractivity contribution in [2.45, 2.75) is 32.7 Å². The molecule has 0 spiro atoms. The number of ether oxygens (including phenoxy) is 1. The van der Waals surface area contributed by atoms with Gasteiger partial charge in [-0.2, -0.15) is 0 Å². The summed E-state index contributed by atoms with van der Waals surface area (Å²) in [6.07, 6.45) is 1.73. The molecular formula is C21H28N2O4S. The second-order valence-electron chi connectivity index (χ2n) is 7.29. The van der Waals surface area contributed by atoms with Gasteiger partial charge in [-0.05, 0) is 57.0 Å². The molecule has 2 aromatic rings. The zero-order chi connectivity index (χ0) is 20.8. The number of amides is 1. The van der Waals surface area contributed by atoms with E-state index < -0.39 is 15.6 Å². The summed E-state index contributed by atoms with van der Waals surface area (Å²) < 4.78 is 31.0. The molecule has 1 amide bonds. The molecule has 0 atom stereocenters. The summed E-state index contributed by atoms with van der Waals surface area (Å²) >= 11 is 0. The molecule has 0 unspecified atom stereocenters. The lowest BCUT2D eigenvalue weighted by Crippen LogP contribution is -2.50. The molecule has 0 saturated carbocycles. The van der Waals surface area contributed by atoms with E-state index in [9.17, 15) is 13.2 Å². The number of sulfonamides is 1. The Bertz CT molecular complexity index is 878. The molecule has 1 N–H and O–H groups in total. The average Bonchev–Trinajstić information content (AvgIpc) is 2.60. The van der Waals surface area contributed by atoms with Crippen molar-refractivity contribution in [3.05, 3.63) is 60.2 Å². The molecule has 0 aliphatic carbocycles. The summed E-state index contributed by atoms with van der Waals surface area (Å²) in [5.41, 5.74) is 1.00. The molecule has 28 heavy (non-hydrogen) atoms. The smallest absolute Gasteiger partial charge is 0.241 e. The van der Waals surface area contributed by atoms with Gasteiger partial charge in [0.05, 0.1) is 18.6 Å². The number of hydrogen-bond donors (Lipinski definition) is 1. The monoisotopic (exact) mass is 404 g/mol. The van der Waals surface area contributed by atoms with Crippen molar-refractivity contribution in [1.29, 1.82) is 0 Å². The van der Waals surface area contributed by atoms with Gasteiger partial charge in [-0.15, -0.1) is 0 Å². The van der Waals surface area contributed by atoms with E-state index in [1.807, 2.05) is 51.1 Å². The van der Waals surface area contributed by atoms with Crippen molar-refractivity contribution in [1.82, 2.24) is 5.32 Å². The van der Waals surface area contributed by atoms with Crippen molar-refractivity contribution in [2.75, 3.05) is 23.7 Å². The Morgan fingerprint density at radius 1 is 1.07 bits per heavy atom. The summed E-state index contributed by atoms with van der Waals surface area (Å²) in [5, 5.41) is 2.94. The first-order valence-corrected chi connectivity index (χ1v) is 11.0. The first kappa shape index (κ1) is 21.8. The predicted octanol–water partition coefficient (Wildman–Crippen LogP) is 2.99. The summed E-state index contributed by atoms with van der Waals surface area (Å²) in [6, 6.07) is 16.5. The Hall–Kier alpha value is -2.54. The number of hydrogen-bond acceptors (Lipinski definition) is 4. The fraction of sp³-hybridized carbons (Fsp3) is 0.381. The second-order valence-corrected chi connectivity index (χ2v) is 9.20. The van der Waals surface area contributed by atoms with Crippen LogP contribution in [0.3, 0.4) is 0 Å². The van der Waals surface area contributed by atoms with Gasteiger partial charge in [-0.3, -0.25) is 9.10 Å². The van der Waals surface area contributed by atoms with Crippen LogP contribution in [0.4, 0.5) is 5.69 Å². The van der Waals surface area contributed by atoms with Crippen LogP contribution in [0.2, 0.25) is 0 Å². The van der Waals surface area contributed by atoms with Gasteiger partial charge >= 0.3 is 0 Å². The Kier molecular flexibility index (Phi) is 7.07. The van der Waals surface area contributed by atoms with Crippen molar-refractivity contribution in [3.63, 3.8) is 0 Å². The van der Waals surface area contributed by atoms with Gasteiger partial charge in [-0.25, -0.2) is 8.42 Å². The second kappa shape index (κ2) is 9.10. The van der Waals surface area contributed by atoms with E-state index in [1.54, 1.807) is 24.3 Å². The van der Waals surface area contributed by atoms with Gasteiger partial charge in [0.25, 0.3) is 0 Å². The van der Waals surface area contributed by atoms with Crippen LogP contribution in [0.25, 0.3) is 0 Å². The fourth-order valence-electron chi connectivity index (χ4n) is 2.97. The predicted molar refractivity (Wildman–Crippen MR) is 112 cm³/mol. The van der Waals surface area contributed by atoms with Crippen molar-refractivity contribution in [2.24, 2.45) is 0 Å². The minimum atomic E-state index is -3.62. The third-order valence-electron chi connectivity index (χ3n) is 4.09. The highest BCUT2D eigenvalue weighted by molar-refractivity contribution is 7.92. The zero-order valence-corrected chi connectivity index (χ0v) is 17.6. The average molecular weight is 405 g/mol. The molecule has 7 heteroatoms. The van der Waals surface area contributed by atoms with Crippen LogP contribution < -0.4 is 14.4 Å². The number of rotatable bonds is 9. The summed E-state index contributed by atoms with van der Waals surface area (Å²) in [5.74, 6) is 0.286. The van der Waals surface area contributed by atoms with Gasteiger partial charge in [0, 0.05) is 5.54 Å². The number of carbonyl (C=O) groups excluding carboxylic acids is 1. The topological polar surface area (TPSA) is 75.7 Å². The molecule has 0 radical (unpaired) electrons. The number of benzene rings is 2. The van der Waals surface area contributed by atoms with Crippen LogP contribution >= 0.6 is 0 Å². The van der Waals surface area contributed by atoms with E-state index in [-0.39, 0.29) is 12.5 Å². The van der Waals surface area contributed by atoms with Crippen LogP contribution in [-0.2, 0) is 21.2 Å². The standard InChI is InChI=1S/C21H28N2O4S/c1-5-27-19-13-11-18(12-14-19)23(28(4,25)26)16-20(24)22-21(2,3)15-17-9-7-6-8-10-17/h6-14H,5,15-16H2,1-4H3,(H,22,24). The highest BCUT2D eigenvalue weighted by Gasteiger charge is 2.25. The van der Waals surface area contributed by atoms with E-state index in [1.165, 1.54) is 0 Å². The molecule has 0 bridgehead atoms. The van der Waals surface area contributed by atoms with Crippen LogP contribution in [0.5, 0.6) is 5.75 Å². The van der Waals surface area contributed by atoms with Gasteiger partial charge < -0.3 is 10.1 Å². The van der Waals surface area contributed by atoms with E-state index in [0.717, 1.165) is 16.1 Å². The molecule has 0 aliphatic rings. The lowest BCUT2D eigenvalue weighted by Gasteiger charge is -2.29. The molecular weight excluding hydrogens is 376 g/mol. The lowest BCUT2D eigenvalue weighted by molar-refractivity contribution is -0.121. The normalized spacial score (nSPS) is 11.7. The quantitative estimate of drug-likeness (QED) is 0.697. The Balaban J connectivity index is 2.10. The number of anilines is 1. The Morgan fingerprint density at radius 2 is 1.68 bits per heavy atom. The summed E-state index contributed by atoms with van der Waals surface area (Å²) in [6.45, 7) is 5.94. The Labute approximate surface area is 167 Å². The van der Waals surface area contributed by atoms with E-state index in [2.05, 4.69) is 5.32 Å². The van der Waals surface area contributed by atoms with Crippen molar-refractivity contribution < 1.29 is 17.9 Å². The highest BCUT2D eigenvalue weighted by atomic mass is 32.2. The molecule has 0 saturated heterocycles. The van der Waals surface area contributed by atoms with Crippen LogP contribution in [-0.4, -0.2) is 39.3 Å². The molecule has 2 aromatic carbocycles. The van der Waals surface area contributed by atoms with Gasteiger partial charge in [0.1, 0.15) is 12.3 Å². The summed E-state index contributed by atoms with van der Waals surface area (Å²) in [7, 11) is -3.62. The fourth-order valence-corrected chi connectivity index (χ4v) is 3.83. The lowest BCUT2D eigenvalue weighted by atomic mass is 9.95. The SMILES string of the molecule is CCOc1ccc(N(CC(=O)NC(C)(C)Cc2ccccc2)S(C)(=O)=O)cc1.